The van der Waals surface area contributed by atoms with Crippen molar-refractivity contribution in [3.05, 3.63) is 113 Å². The summed E-state index contributed by atoms with van der Waals surface area (Å²) in [4.78, 5) is 15.8. The number of carbonyl (C=O) groups is 1. The molecule has 5 nitrogen and oxygen atoms in total. The average molecular weight is 575 g/mol. The number of aryl methyl sites for hydroxylation is 1. The third kappa shape index (κ3) is 5.37. The summed E-state index contributed by atoms with van der Waals surface area (Å²) in [5.74, 6) is 1.12. The highest BCUT2D eigenvalue weighted by Gasteiger charge is 2.53. The molecule has 0 amide bonds. The van der Waals surface area contributed by atoms with Crippen molar-refractivity contribution in [2.24, 2.45) is 0 Å². The summed E-state index contributed by atoms with van der Waals surface area (Å²) in [6, 6.07) is 28.7. The van der Waals surface area contributed by atoms with E-state index in [0.717, 1.165) is 58.0 Å². The number of ether oxygens (including phenoxy) is 2. The van der Waals surface area contributed by atoms with Gasteiger partial charge in [-0.25, -0.2) is 4.79 Å². The van der Waals surface area contributed by atoms with E-state index in [4.69, 9.17) is 9.47 Å². The lowest BCUT2D eigenvalue weighted by atomic mass is 9.77. The quantitative estimate of drug-likeness (QED) is 0.143. The second-order valence-corrected chi connectivity index (χ2v) is 12.1. The first-order valence-electron chi connectivity index (χ1n) is 15.8. The molecular weight excluding hydrogens is 532 g/mol. The normalized spacial score (nSPS) is 16.3. The molecule has 4 aromatic rings. The van der Waals surface area contributed by atoms with Gasteiger partial charge in [-0.1, -0.05) is 75.4 Å². The minimum Gasteiger partial charge on any atom is -0.456 e. The number of anilines is 3. The van der Waals surface area contributed by atoms with Crippen molar-refractivity contribution < 1.29 is 14.3 Å². The molecule has 4 aromatic carbocycles. The smallest absolute Gasteiger partial charge is 0.340 e. The Kier molecular flexibility index (Phi) is 8.16. The van der Waals surface area contributed by atoms with Gasteiger partial charge in [-0.2, -0.15) is 0 Å². The molecule has 1 spiro atoms. The maximum Gasteiger partial charge on any atom is 0.340 e. The summed E-state index contributed by atoms with van der Waals surface area (Å²) >= 11 is 0. The van der Waals surface area contributed by atoms with Gasteiger partial charge in [0, 0.05) is 52.4 Å². The third-order valence-electron chi connectivity index (χ3n) is 8.80. The van der Waals surface area contributed by atoms with Gasteiger partial charge in [-0.15, -0.1) is 0 Å². The Morgan fingerprint density at radius 3 is 2.30 bits per heavy atom. The molecule has 0 aliphatic carbocycles. The standard InChI is InChI=1S/C38H42N2O3/c1-5-6-7-8-9-15-22-40(26(2)3)29-20-21-32-36(24-29)42-35-23-27(4)34(39-28-16-11-10-12-17-28)25-33(35)38(32)31-19-14-13-18-30(31)37(41)43-38/h10-14,16-21,23-26,39H,5-9,15,22H2,1-4H3. The first kappa shape index (κ1) is 28.9. The molecule has 2 aliphatic heterocycles. The van der Waals surface area contributed by atoms with Crippen LogP contribution in [0.1, 0.15) is 91.9 Å². The summed E-state index contributed by atoms with van der Waals surface area (Å²) in [6.07, 6.45) is 7.59. The molecule has 2 heterocycles. The van der Waals surface area contributed by atoms with Gasteiger partial charge in [0.2, 0.25) is 0 Å². The Morgan fingerprint density at radius 2 is 1.51 bits per heavy atom. The van der Waals surface area contributed by atoms with Crippen molar-refractivity contribution in [3.63, 3.8) is 0 Å². The van der Waals surface area contributed by atoms with Gasteiger partial charge < -0.3 is 19.7 Å². The zero-order chi connectivity index (χ0) is 30.0. The summed E-state index contributed by atoms with van der Waals surface area (Å²) in [5.41, 5.74) is 6.11. The number of hydrogen-bond acceptors (Lipinski definition) is 5. The van der Waals surface area contributed by atoms with Gasteiger partial charge in [-0.3, -0.25) is 0 Å². The van der Waals surface area contributed by atoms with Gasteiger partial charge in [0.15, 0.2) is 5.60 Å². The average Bonchev–Trinajstić information content (AvgIpc) is 3.30. The van der Waals surface area contributed by atoms with Gasteiger partial charge in [-0.05, 0) is 75.2 Å². The number of hydrogen-bond donors (Lipinski definition) is 1. The van der Waals surface area contributed by atoms with Gasteiger partial charge in [0.1, 0.15) is 11.5 Å². The highest BCUT2D eigenvalue weighted by Crippen LogP contribution is 2.57. The number of para-hydroxylation sites is 1. The lowest BCUT2D eigenvalue weighted by Crippen LogP contribution is -2.34. The Hall–Kier alpha value is -4.25. The molecule has 5 heteroatoms. The fourth-order valence-corrected chi connectivity index (χ4v) is 6.55. The zero-order valence-electron chi connectivity index (χ0n) is 25.8. The van der Waals surface area contributed by atoms with Crippen LogP contribution in [-0.4, -0.2) is 18.6 Å². The first-order chi connectivity index (χ1) is 20.9. The molecule has 222 valence electrons. The predicted molar refractivity (Wildman–Crippen MR) is 175 cm³/mol. The first-order valence-corrected chi connectivity index (χ1v) is 15.8. The minimum atomic E-state index is -1.10. The fraction of sp³-hybridized carbons (Fsp3) is 0.342. The summed E-state index contributed by atoms with van der Waals surface area (Å²) in [5, 5.41) is 3.56. The highest BCUT2D eigenvalue weighted by molar-refractivity contribution is 5.97. The van der Waals surface area contributed by atoms with Gasteiger partial charge in [0.05, 0.1) is 5.56 Å². The van der Waals surface area contributed by atoms with Gasteiger partial charge in [0.25, 0.3) is 0 Å². The monoisotopic (exact) mass is 574 g/mol. The lowest BCUT2D eigenvalue weighted by Gasteiger charge is -2.38. The maximum atomic E-state index is 13.4. The Morgan fingerprint density at radius 1 is 0.791 bits per heavy atom. The van der Waals surface area contributed by atoms with Crippen LogP contribution >= 0.6 is 0 Å². The number of unbranched alkanes of at least 4 members (excludes halogenated alkanes) is 5. The summed E-state index contributed by atoms with van der Waals surface area (Å²) < 4.78 is 13.2. The zero-order valence-corrected chi connectivity index (χ0v) is 25.8. The number of esters is 1. The molecular formula is C38H42N2O3. The molecule has 43 heavy (non-hydrogen) atoms. The SMILES string of the molecule is CCCCCCCCN(c1ccc2c(c1)Oc1cc(C)c(Nc3ccccc3)cc1C21OC(=O)c2ccccc21)C(C)C. The molecule has 6 rings (SSSR count). The summed E-state index contributed by atoms with van der Waals surface area (Å²) in [6.45, 7) is 9.81. The topological polar surface area (TPSA) is 50.8 Å². The Bertz CT molecular complexity index is 1610. The van der Waals surface area contributed by atoms with Crippen LogP contribution in [0, 0.1) is 6.92 Å². The van der Waals surface area contributed by atoms with E-state index in [1.165, 1.54) is 32.1 Å². The van der Waals surface area contributed by atoms with Crippen LogP contribution in [0.25, 0.3) is 0 Å². The molecule has 2 aliphatic rings. The number of rotatable bonds is 11. The molecule has 1 unspecified atom stereocenters. The van der Waals surface area contributed by atoms with Crippen LogP contribution < -0.4 is 15.0 Å². The second kappa shape index (κ2) is 12.2. The van der Waals surface area contributed by atoms with Crippen molar-refractivity contribution in [1.29, 1.82) is 0 Å². The van der Waals surface area contributed by atoms with E-state index >= 15 is 0 Å². The molecule has 0 bridgehead atoms. The Balaban J connectivity index is 1.42. The van der Waals surface area contributed by atoms with Crippen LogP contribution in [-0.2, 0) is 10.3 Å². The van der Waals surface area contributed by atoms with Crippen molar-refractivity contribution in [3.8, 4) is 11.5 Å². The van der Waals surface area contributed by atoms with Crippen LogP contribution in [0.2, 0.25) is 0 Å². The highest BCUT2D eigenvalue weighted by atomic mass is 16.6. The number of nitrogens with zero attached hydrogens (tertiary/aromatic N) is 1. The number of benzene rings is 4. The van der Waals surface area contributed by atoms with Crippen LogP contribution in [0.15, 0.2) is 84.9 Å². The van der Waals surface area contributed by atoms with Crippen LogP contribution in [0.3, 0.4) is 0 Å². The number of fused-ring (bicyclic) bond motifs is 6. The maximum absolute atomic E-state index is 13.4. The van der Waals surface area contributed by atoms with Crippen molar-refractivity contribution in [2.75, 3.05) is 16.8 Å². The van der Waals surface area contributed by atoms with Crippen molar-refractivity contribution in [2.45, 2.75) is 77.9 Å². The van der Waals surface area contributed by atoms with Crippen molar-refractivity contribution >= 4 is 23.0 Å². The van der Waals surface area contributed by atoms with E-state index in [1.54, 1.807) is 0 Å². The largest absolute Gasteiger partial charge is 0.456 e. The summed E-state index contributed by atoms with van der Waals surface area (Å²) in [7, 11) is 0. The molecule has 0 saturated heterocycles. The van der Waals surface area contributed by atoms with Crippen molar-refractivity contribution in [1.82, 2.24) is 0 Å². The lowest BCUT2D eigenvalue weighted by molar-refractivity contribution is 0.0224. The van der Waals surface area contributed by atoms with Gasteiger partial charge >= 0.3 is 5.97 Å². The molecule has 0 saturated carbocycles. The molecule has 0 fully saturated rings. The molecule has 0 aromatic heterocycles. The fourth-order valence-electron chi connectivity index (χ4n) is 6.55. The third-order valence-corrected chi connectivity index (χ3v) is 8.80. The second-order valence-electron chi connectivity index (χ2n) is 12.1. The molecule has 1 N–H and O–H groups in total. The molecule has 1 atom stereocenters. The van der Waals surface area contributed by atoms with Crippen LogP contribution in [0.5, 0.6) is 11.5 Å². The molecule has 0 radical (unpaired) electrons. The van der Waals surface area contributed by atoms with E-state index in [-0.39, 0.29) is 5.97 Å². The van der Waals surface area contributed by atoms with E-state index in [1.807, 2.05) is 54.6 Å². The minimum absolute atomic E-state index is 0.316. The van der Waals surface area contributed by atoms with E-state index in [0.29, 0.717) is 17.4 Å². The Labute approximate surface area is 255 Å². The van der Waals surface area contributed by atoms with Crippen LogP contribution in [0.4, 0.5) is 17.1 Å². The number of nitrogens with one attached hydrogen (secondary N) is 1. The van der Waals surface area contributed by atoms with E-state index < -0.39 is 5.60 Å². The number of carbonyl (C=O) groups excluding carboxylic acids is 1. The van der Waals surface area contributed by atoms with E-state index in [2.05, 4.69) is 68.2 Å². The predicted octanol–water partition coefficient (Wildman–Crippen LogP) is 9.88. The van der Waals surface area contributed by atoms with E-state index in [9.17, 15) is 4.79 Å².